The van der Waals surface area contributed by atoms with Gasteiger partial charge < -0.3 is 14.2 Å². The number of hydrogen-bond donors (Lipinski definition) is 0. The molecule has 0 atom stereocenters. The second-order valence-corrected chi connectivity index (χ2v) is 6.48. The van der Waals surface area contributed by atoms with Crippen LogP contribution in [0.1, 0.15) is 23.0 Å². The predicted octanol–water partition coefficient (Wildman–Crippen LogP) is 4.11. The molecule has 2 aromatic rings. The summed E-state index contributed by atoms with van der Waals surface area (Å²) in [5.41, 5.74) is -0.781. The fraction of sp³-hybridized carbons (Fsp3) is 0.316. The van der Waals surface area contributed by atoms with Gasteiger partial charge in [-0.3, -0.25) is 0 Å². The molecule has 2 aromatic carbocycles. The van der Waals surface area contributed by atoms with Gasteiger partial charge in [0.1, 0.15) is 18.0 Å². The fourth-order valence-electron chi connectivity index (χ4n) is 2.98. The van der Waals surface area contributed by atoms with Gasteiger partial charge in [-0.25, -0.2) is 9.38 Å². The molecule has 2 aliphatic rings. The summed E-state index contributed by atoms with van der Waals surface area (Å²) in [4.78, 5) is 4.44. The van der Waals surface area contributed by atoms with Gasteiger partial charge in [-0.15, -0.1) is 0 Å². The number of ether oxygens (including phenoxy) is 3. The van der Waals surface area contributed by atoms with E-state index in [1.807, 2.05) is 0 Å². The average Bonchev–Trinajstić information content (AvgIpc) is 3.06. The van der Waals surface area contributed by atoms with Crippen LogP contribution in [0.15, 0.2) is 53.5 Å². The average molecular weight is 381 g/mol. The molecule has 2 heterocycles. The Balaban J connectivity index is 1.45. The van der Waals surface area contributed by atoms with E-state index in [-0.39, 0.29) is 31.3 Å². The number of nitrogens with zero attached hydrogens (tertiary/aromatic N) is 1. The molecule has 0 amide bonds. The molecule has 0 radical (unpaired) electrons. The Bertz CT molecular complexity index is 856. The maximum absolute atomic E-state index is 13.9. The summed E-state index contributed by atoms with van der Waals surface area (Å²) in [5.74, 6) is -0.248. The van der Waals surface area contributed by atoms with Crippen LogP contribution in [0.4, 0.5) is 17.6 Å². The van der Waals surface area contributed by atoms with Crippen LogP contribution in [0.25, 0.3) is 0 Å². The first kappa shape index (κ1) is 17.9. The molecule has 0 bridgehead atoms. The molecule has 1 fully saturated rings. The van der Waals surface area contributed by atoms with E-state index in [9.17, 15) is 17.6 Å². The zero-order valence-electron chi connectivity index (χ0n) is 14.0. The summed E-state index contributed by atoms with van der Waals surface area (Å²) in [6.07, 6.45) is -5.18. The Labute approximate surface area is 152 Å². The zero-order valence-corrected chi connectivity index (χ0v) is 14.0. The number of halogens is 4. The second-order valence-electron chi connectivity index (χ2n) is 6.48. The van der Waals surface area contributed by atoms with E-state index in [2.05, 4.69) is 4.99 Å². The van der Waals surface area contributed by atoms with E-state index in [1.54, 1.807) is 18.2 Å². The maximum Gasteiger partial charge on any atom is 0.416 e. The van der Waals surface area contributed by atoms with Crippen molar-refractivity contribution in [2.24, 2.45) is 4.99 Å². The third-order valence-electron chi connectivity index (χ3n) is 4.44. The summed E-state index contributed by atoms with van der Waals surface area (Å²) in [5, 5.41) is 0. The highest BCUT2D eigenvalue weighted by Crippen LogP contribution is 2.34. The first-order valence-corrected chi connectivity index (χ1v) is 8.24. The van der Waals surface area contributed by atoms with Gasteiger partial charge in [-0.05, 0) is 24.3 Å². The lowest BCUT2D eigenvalue weighted by Crippen LogP contribution is -2.44. The molecule has 142 valence electrons. The zero-order chi connectivity index (χ0) is 19.1. The van der Waals surface area contributed by atoms with Crippen LogP contribution in [-0.2, 0) is 20.4 Å². The highest BCUT2D eigenvalue weighted by Gasteiger charge is 2.43. The fourth-order valence-corrected chi connectivity index (χ4v) is 2.98. The van der Waals surface area contributed by atoms with Gasteiger partial charge in [0, 0.05) is 5.56 Å². The maximum atomic E-state index is 13.9. The van der Waals surface area contributed by atoms with Gasteiger partial charge in [0.25, 0.3) is 0 Å². The molecule has 4 nitrogen and oxygen atoms in total. The van der Waals surface area contributed by atoms with Crippen molar-refractivity contribution in [1.82, 2.24) is 0 Å². The minimum atomic E-state index is -4.39. The highest BCUT2D eigenvalue weighted by atomic mass is 19.4. The Kier molecular flexibility index (Phi) is 4.39. The smallest absolute Gasteiger partial charge is 0.416 e. The van der Waals surface area contributed by atoms with Gasteiger partial charge in [0.15, 0.2) is 6.29 Å². The molecule has 0 aliphatic carbocycles. The summed E-state index contributed by atoms with van der Waals surface area (Å²) in [7, 11) is 0. The molecule has 0 aromatic heterocycles. The van der Waals surface area contributed by atoms with E-state index < -0.39 is 29.4 Å². The van der Waals surface area contributed by atoms with Crippen LogP contribution in [0.3, 0.4) is 0 Å². The predicted molar refractivity (Wildman–Crippen MR) is 87.7 cm³/mol. The van der Waals surface area contributed by atoms with Crippen LogP contribution >= 0.6 is 0 Å². The van der Waals surface area contributed by atoms with E-state index in [1.165, 1.54) is 18.2 Å². The normalized spacial score (nSPS) is 25.3. The quantitative estimate of drug-likeness (QED) is 0.736. The molecule has 8 heteroatoms. The van der Waals surface area contributed by atoms with Crippen molar-refractivity contribution in [2.45, 2.75) is 18.0 Å². The molecule has 0 N–H and O–H groups in total. The molecule has 27 heavy (non-hydrogen) atoms. The summed E-state index contributed by atoms with van der Waals surface area (Å²) in [6.45, 7) is 0.476. The topological polar surface area (TPSA) is 40.0 Å². The second kappa shape index (κ2) is 6.61. The third kappa shape index (κ3) is 3.54. The van der Waals surface area contributed by atoms with E-state index >= 15 is 0 Å². The van der Waals surface area contributed by atoms with E-state index in [0.717, 1.165) is 12.1 Å². The molecule has 1 saturated heterocycles. The minimum Gasteiger partial charge on any atom is -0.475 e. The van der Waals surface area contributed by atoms with Crippen molar-refractivity contribution in [3.8, 4) is 0 Å². The molecule has 0 saturated carbocycles. The van der Waals surface area contributed by atoms with Crippen molar-refractivity contribution in [2.75, 3.05) is 19.8 Å². The van der Waals surface area contributed by atoms with Crippen molar-refractivity contribution >= 4 is 5.90 Å². The molecule has 0 unspecified atom stereocenters. The minimum absolute atomic E-state index is 0.149. The third-order valence-corrected chi connectivity index (χ3v) is 4.44. The lowest BCUT2D eigenvalue weighted by Gasteiger charge is -2.33. The summed E-state index contributed by atoms with van der Waals surface area (Å²) < 4.78 is 68.7. The van der Waals surface area contributed by atoms with Crippen molar-refractivity contribution in [3.63, 3.8) is 0 Å². The van der Waals surface area contributed by atoms with Crippen LogP contribution in [0.2, 0.25) is 0 Å². The monoisotopic (exact) mass is 381 g/mol. The number of aliphatic imine (C=N–C) groups is 1. The molecule has 1 spiro atoms. The first-order valence-electron chi connectivity index (χ1n) is 8.24. The Morgan fingerprint density at radius 2 is 1.59 bits per heavy atom. The number of rotatable bonds is 2. The molecular weight excluding hydrogens is 366 g/mol. The van der Waals surface area contributed by atoms with Gasteiger partial charge in [-0.1, -0.05) is 24.3 Å². The summed E-state index contributed by atoms with van der Waals surface area (Å²) in [6, 6.07) is 10.8. The molecule has 2 aliphatic heterocycles. The lowest BCUT2D eigenvalue weighted by atomic mass is 10.0. The van der Waals surface area contributed by atoms with Crippen LogP contribution in [0, 0.1) is 5.82 Å². The molecular formula is C19H15F4NO3. The van der Waals surface area contributed by atoms with E-state index in [0.29, 0.717) is 5.56 Å². The molecule has 4 rings (SSSR count). The lowest BCUT2D eigenvalue weighted by molar-refractivity contribution is -0.212. The van der Waals surface area contributed by atoms with Crippen LogP contribution < -0.4 is 0 Å². The Hall–Kier alpha value is -2.45. The van der Waals surface area contributed by atoms with Gasteiger partial charge >= 0.3 is 6.18 Å². The number of hydrogen-bond acceptors (Lipinski definition) is 4. The Morgan fingerprint density at radius 3 is 2.22 bits per heavy atom. The largest absolute Gasteiger partial charge is 0.475 e. The van der Waals surface area contributed by atoms with Crippen molar-refractivity contribution in [3.05, 3.63) is 71.0 Å². The van der Waals surface area contributed by atoms with Crippen molar-refractivity contribution < 1.29 is 31.8 Å². The standard InChI is InChI=1S/C19H15F4NO3/c20-15-4-2-1-3-14(15)16-24-18(9-25-16)10-26-17(27-11-18)12-5-7-13(8-6-12)19(21,22)23/h1-8,17H,9-11H2. The van der Waals surface area contributed by atoms with Crippen molar-refractivity contribution in [1.29, 1.82) is 0 Å². The SMILES string of the molecule is Fc1ccccc1C1=NC2(CO1)COC(c1ccc(C(F)(F)F)cc1)OC2. The first-order chi connectivity index (χ1) is 12.9. The highest BCUT2D eigenvalue weighted by molar-refractivity contribution is 5.95. The number of benzene rings is 2. The van der Waals surface area contributed by atoms with Gasteiger partial charge in [-0.2, -0.15) is 13.2 Å². The van der Waals surface area contributed by atoms with Crippen LogP contribution in [0.5, 0.6) is 0 Å². The van der Waals surface area contributed by atoms with Gasteiger partial charge in [0.2, 0.25) is 5.90 Å². The van der Waals surface area contributed by atoms with Crippen LogP contribution in [-0.4, -0.2) is 31.3 Å². The summed E-state index contributed by atoms with van der Waals surface area (Å²) >= 11 is 0. The Morgan fingerprint density at radius 1 is 0.926 bits per heavy atom. The van der Waals surface area contributed by atoms with Gasteiger partial charge in [0.05, 0.1) is 24.3 Å². The number of alkyl halides is 3. The van der Waals surface area contributed by atoms with E-state index in [4.69, 9.17) is 14.2 Å².